The Morgan fingerprint density at radius 1 is 1.09 bits per heavy atom. The molecule has 0 bridgehead atoms. The maximum atomic E-state index is 12.0. The predicted octanol–water partition coefficient (Wildman–Crippen LogP) is 4.29. The van der Waals surface area contributed by atoms with Gasteiger partial charge < -0.3 is 9.47 Å². The number of hydrogen-bond acceptors (Lipinski definition) is 3. The summed E-state index contributed by atoms with van der Waals surface area (Å²) in [5, 5.41) is 0. The molecule has 0 radical (unpaired) electrons. The lowest BCUT2D eigenvalue weighted by molar-refractivity contribution is -0.274. The fourth-order valence-corrected chi connectivity index (χ4v) is 1.86. The van der Waals surface area contributed by atoms with Crippen molar-refractivity contribution in [1.29, 1.82) is 0 Å². The van der Waals surface area contributed by atoms with E-state index in [1.165, 1.54) is 24.3 Å². The number of carbonyl (C=O) groups excluding carboxylic acids is 1. The minimum absolute atomic E-state index is 0.202. The standard InChI is InChI=1S/C16H13F3O3/c1-11-8-13(9-20)4-7-15(11)21-10-12-2-5-14(6-3-12)22-16(17,18)19/h2-9H,10H2,1H3. The molecule has 0 saturated carbocycles. The van der Waals surface area contributed by atoms with Crippen LogP contribution in [0.5, 0.6) is 11.5 Å². The number of carbonyl (C=O) groups is 1. The van der Waals surface area contributed by atoms with Crippen molar-refractivity contribution in [3.63, 3.8) is 0 Å². The van der Waals surface area contributed by atoms with Gasteiger partial charge in [-0.1, -0.05) is 12.1 Å². The van der Waals surface area contributed by atoms with Crippen LogP contribution in [0.25, 0.3) is 0 Å². The van der Waals surface area contributed by atoms with Gasteiger partial charge >= 0.3 is 6.36 Å². The minimum Gasteiger partial charge on any atom is -0.489 e. The second-order valence-corrected chi connectivity index (χ2v) is 4.62. The van der Waals surface area contributed by atoms with Gasteiger partial charge in [-0.25, -0.2) is 0 Å². The highest BCUT2D eigenvalue weighted by Gasteiger charge is 2.30. The predicted molar refractivity (Wildman–Crippen MR) is 74.0 cm³/mol. The monoisotopic (exact) mass is 310 g/mol. The van der Waals surface area contributed by atoms with Gasteiger partial charge in [0.05, 0.1) is 0 Å². The number of alkyl halides is 3. The van der Waals surface area contributed by atoms with E-state index in [1.807, 2.05) is 6.92 Å². The highest BCUT2D eigenvalue weighted by atomic mass is 19.4. The lowest BCUT2D eigenvalue weighted by Gasteiger charge is -2.11. The van der Waals surface area contributed by atoms with Crippen LogP contribution in [0.4, 0.5) is 13.2 Å². The Hall–Kier alpha value is -2.50. The third kappa shape index (κ3) is 4.51. The van der Waals surface area contributed by atoms with Crippen LogP contribution < -0.4 is 9.47 Å². The summed E-state index contributed by atoms with van der Waals surface area (Å²) < 4.78 is 45.5. The summed E-state index contributed by atoms with van der Waals surface area (Å²) in [7, 11) is 0. The first-order valence-electron chi connectivity index (χ1n) is 6.41. The van der Waals surface area contributed by atoms with Crippen molar-refractivity contribution in [3.8, 4) is 11.5 Å². The molecule has 0 spiro atoms. The van der Waals surface area contributed by atoms with Crippen molar-refractivity contribution in [3.05, 3.63) is 59.2 Å². The first-order valence-corrected chi connectivity index (χ1v) is 6.41. The van der Waals surface area contributed by atoms with Crippen molar-refractivity contribution in [2.45, 2.75) is 19.9 Å². The molecule has 0 aliphatic heterocycles. The smallest absolute Gasteiger partial charge is 0.489 e. The Balaban J connectivity index is 1.98. The summed E-state index contributed by atoms with van der Waals surface area (Å²) in [5.74, 6) is 0.337. The van der Waals surface area contributed by atoms with E-state index < -0.39 is 6.36 Å². The molecule has 0 heterocycles. The van der Waals surface area contributed by atoms with Crippen molar-refractivity contribution >= 4 is 6.29 Å². The maximum Gasteiger partial charge on any atom is 0.573 e. The van der Waals surface area contributed by atoms with Gasteiger partial charge in [0.1, 0.15) is 24.4 Å². The highest BCUT2D eigenvalue weighted by Crippen LogP contribution is 2.24. The largest absolute Gasteiger partial charge is 0.573 e. The van der Waals surface area contributed by atoms with Crippen molar-refractivity contribution in [1.82, 2.24) is 0 Å². The molecule has 116 valence electrons. The third-order valence-electron chi connectivity index (χ3n) is 2.89. The van der Waals surface area contributed by atoms with Gasteiger partial charge in [-0.05, 0) is 48.4 Å². The van der Waals surface area contributed by atoms with E-state index in [0.29, 0.717) is 16.9 Å². The Bertz CT molecular complexity index is 649. The molecule has 0 saturated heterocycles. The fourth-order valence-electron chi connectivity index (χ4n) is 1.86. The van der Waals surface area contributed by atoms with Crippen molar-refractivity contribution in [2.75, 3.05) is 0 Å². The summed E-state index contributed by atoms with van der Waals surface area (Å²) in [5.41, 5.74) is 2.06. The summed E-state index contributed by atoms with van der Waals surface area (Å²) in [6, 6.07) is 10.5. The zero-order valence-corrected chi connectivity index (χ0v) is 11.7. The molecule has 0 unspecified atom stereocenters. The van der Waals surface area contributed by atoms with Crippen LogP contribution >= 0.6 is 0 Å². The molecule has 0 atom stereocenters. The summed E-state index contributed by atoms with van der Waals surface area (Å²) in [4.78, 5) is 10.6. The van der Waals surface area contributed by atoms with E-state index in [1.54, 1.807) is 18.2 Å². The number of ether oxygens (including phenoxy) is 2. The van der Waals surface area contributed by atoms with Gasteiger partial charge in [-0.2, -0.15) is 0 Å². The van der Waals surface area contributed by atoms with Crippen LogP contribution in [0.2, 0.25) is 0 Å². The van der Waals surface area contributed by atoms with Crippen LogP contribution in [0.1, 0.15) is 21.5 Å². The summed E-state index contributed by atoms with van der Waals surface area (Å²) >= 11 is 0. The normalized spacial score (nSPS) is 11.1. The van der Waals surface area contributed by atoms with Gasteiger partial charge in [0, 0.05) is 5.56 Å². The molecule has 2 aromatic carbocycles. The first-order chi connectivity index (χ1) is 10.4. The second kappa shape index (κ2) is 6.51. The number of rotatable bonds is 5. The molecular weight excluding hydrogens is 297 g/mol. The van der Waals surface area contributed by atoms with Gasteiger partial charge in [0.25, 0.3) is 0 Å². The topological polar surface area (TPSA) is 35.5 Å². The first kappa shape index (κ1) is 15.9. The van der Waals surface area contributed by atoms with E-state index in [0.717, 1.165) is 11.8 Å². The Labute approximate surface area is 125 Å². The molecular formula is C16H13F3O3. The van der Waals surface area contributed by atoms with Crippen LogP contribution in [0, 0.1) is 6.92 Å². The molecule has 3 nitrogen and oxygen atoms in total. The van der Waals surface area contributed by atoms with Crippen LogP contribution in [-0.4, -0.2) is 12.6 Å². The quantitative estimate of drug-likeness (QED) is 0.773. The number of aldehydes is 1. The molecule has 0 aromatic heterocycles. The zero-order chi connectivity index (χ0) is 16.2. The van der Waals surface area contributed by atoms with Crippen LogP contribution in [0.15, 0.2) is 42.5 Å². The van der Waals surface area contributed by atoms with Gasteiger partial charge in [-0.15, -0.1) is 13.2 Å². The number of halogens is 3. The second-order valence-electron chi connectivity index (χ2n) is 4.62. The summed E-state index contributed by atoms with van der Waals surface area (Å²) in [6.07, 6.45) is -3.95. The van der Waals surface area contributed by atoms with Crippen LogP contribution in [-0.2, 0) is 6.61 Å². The molecule has 0 amide bonds. The average molecular weight is 310 g/mol. The third-order valence-corrected chi connectivity index (χ3v) is 2.89. The minimum atomic E-state index is -4.70. The molecule has 2 rings (SSSR count). The van der Waals surface area contributed by atoms with Gasteiger partial charge in [0.15, 0.2) is 0 Å². The average Bonchev–Trinajstić information content (AvgIpc) is 2.46. The van der Waals surface area contributed by atoms with E-state index in [4.69, 9.17) is 4.74 Å². The molecule has 0 aliphatic rings. The van der Waals surface area contributed by atoms with Gasteiger partial charge in [-0.3, -0.25) is 4.79 Å². The van der Waals surface area contributed by atoms with Crippen molar-refractivity contribution < 1.29 is 27.4 Å². The van der Waals surface area contributed by atoms with E-state index in [2.05, 4.69) is 4.74 Å². The van der Waals surface area contributed by atoms with Crippen molar-refractivity contribution in [2.24, 2.45) is 0 Å². The Morgan fingerprint density at radius 2 is 1.77 bits per heavy atom. The number of benzene rings is 2. The maximum absolute atomic E-state index is 12.0. The molecule has 0 N–H and O–H groups in total. The molecule has 0 aliphatic carbocycles. The summed E-state index contributed by atoms with van der Waals surface area (Å²) in [6.45, 7) is 2.01. The Kier molecular flexibility index (Phi) is 4.70. The lowest BCUT2D eigenvalue weighted by Crippen LogP contribution is -2.17. The Morgan fingerprint density at radius 3 is 2.32 bits per heavy atom. The molecule has 2 aromatic rings. The SMILES string of the molecule is Cc1cc(C=O)ccc1OCc1ccc(OC(F)(F)F)cc1. The molecule has 0 fully saturated rings. The van der Waals surface area contributed by atoms with Crippen LogP contribution in [0.3, 0.4) is 0 Å². The van der Waals surface area contributed by atoms with E-state index >= 15 is 0 Å². The van der Waals surface area contributed by atoms with Gasteiger partial charge in [0.2, 0.25) is 0 Å². The zero-order valence-electron chi connectivity index (χ0n) is 11.7. The van der Waals surface area contributed by atoms with E-state index in [-0.39, 0.29) is 12.4 Å². The highest BCUT2D eigenvalue weighted by molar-refractivity contribution is 5.75. The molecule has 6 heteroatoms. The fraction of sp³-hybridized carbons (Fsp3) is 0.188. The lowest BCUT2D eigenvalue weighted by atomic mass is 10.1. The number of aryl methyl sites for hydroxylation is 1. The number of hydrogen-bond donors (Lipinski definition) is 0. The molecule has 22 heavy (non-hydrogen) atoms. The van der Waals surface area contributed by atoms with E-state index in [9.17, 15) is 18.0 Å².